The molecule has 1 N–H and O–H groups in total. The van der Waals surface area contributed by atoms with Crippen LogP contribution in [0.4, 0.5) is 0 Å². The average Bonchev–Trinajstić information content (AvgIpc) is 2.67. The van der Waals surface area contributed by atoms with Gasteiger partial charge in [0.15, 0.2) is 0 Å². The average molecular weight is 189 g/mol. The van der Waals surface area contributed by atoms with E-state index in [1.54, 1.807) is 0 Å². The van der Waals surface area contributed by atoms with Crippen molar-refractivity contribution in [3.63, 3.8) is 0 Å². The Morgan fingerprint density at radius 1 is 1.21 bits per heavy atom. The molecule has 1 aromatic carbocycles. The van der Waals surface area contributed by atoms with Gasteiger partial charge in [0.05, 0.1) is 0 Å². The van der Waals surface area contributed by atoms with Crippen LogP contribution in [0.15, 0.2) is 24.3 Å². The van der Waals surface area contributed by atoms with Gasteiger partial charge in [-0.2, -0.15) is 0 Å². The number of rotatable bonds is 2. The Kier molecular flexibility index (Phi) is 2.87. The largest absolute Gasteiger partial charge is 0.307 e. The molecule has 0 amide bonds. The summed E-state index contributed by atoms with van der Waals surface area (Å²) in [4.78, 5) is 0. The minimum Gasteiger partial charge on any atom is -0.307 e. The highest BCUT2D eigenvalue weighted by atomic mass is 15.0. The molecule has 1 aromatic rings. The van der Waals surface area contributed by atoms with Crippen LogP contribution in [-0.4, -0.2) is 6.04 Å². The molecule has 1 saturated heterocycles. The molecule has 0 bridgehead atoms. The van der Waals surface area contributed by atoms with E-state index in [1.807, 2.05) is 0 Å². The summed E-state index contributed by atoms with van der Waals surface area (Å²) < 4.78 is 0. The molecule has 0 spiro atoms. The highest BCUT2D eigenvalue weighted by Gasteiger charge is 2.22. The molecule has 0 aromatic heterocycles. The van der Waals surface area contributed by atoms with Gasteiger partial charge in [0, 0.05) is 12.1 Å². The highest BCUT2D eigenvalue weighted by molar-refractivity contribution is 5.24. The fraction of sp³-hybridized carbons (Fsp3) is 0.538. The van der Waals surface area contributed by atoms with E-state index >= 15 is 0 Å². The van der Waals surface area contributed by atoms with Crippen LogP contribution in [0.3, 0.4) is 0 Å². The van der Waals surface area contributed by atoms with Gasteiger partial charge in [-0.15, -0.1) is 0 Å². The molecule has 76 valence electrons. The monoisotopic (exact) mass is 189 g/mol. The van der Waals surface area contributed by atoms with E-state index in [1.165, 1.54) is 30.4 Å². The third-order valence-electron chi connectivity index (χ3n) is 3.21. The number of aryl methyl sites for hydroxylation is 1. The number of benzene rings is 1. The Morgan fingerprint density at radius 2 is 1.93 bits per heavy atom. The van der Waals surface area contributed by atoms with Crippen molar-refractivity contribution >= 4 is 0 Å². The van der Waals surface area contributed by atoms with Crippen LogP contribution in [0.2, 0.25) is 0 Å². The predicted octanol–water partition coefficient (Wildman–Crippen LogP) is 3.20. The summed E-state index contributed by atoms with van der Waals surface area (Å²) in [6.07, 6.45) is 3.87. The molecule has 0 saturated carbocycles. The van der Waals surface area contributed by atoms with Crippen molar-refractivity contribution in [1.82, 2.24) is 5.32 Å². The summed E-state index contributed by atoms with van der Waals surface area (Å²) in [6, 6.07) is 10.3. The molecule has 1 heterocycles. The lowest BCUT2D eigenvalue weighted by molar-refractivity contribution is 0.540. The summed E-state index contributed by atoms with van der Waals surface area (Å²) in [7, 11) is 0. The molecule has 0 aliphatic carbocycles. The SMILES string of the molecule is CC[C@H]1CC[C@H](c2ccc(C)cc2)N1. The second-order valence-electron chi connectivity index (χ2n) is 4.31. The molecule has 2 rings (SSSR count). The van der Waals surface area contributed by atoms with Gasteiger partial charge in [0.1, 0.15) is 0 Å². The Labute approximate surface area is 86.5 Å². The lowest BCUT2D eigenvalue weighted by atomic mass is 10.0. The zero-order valence-electron chi connectivity index (χ0n) is 9.09. The summed E-state index contributed by atoms with van der Waals surface area (Å²) in [6.45, 7) is 4.40. The van der Waals surface area contributed by atoms with Gasteiger partial charge in [-0.25, -0.2) is 0 Å². The van der Waals surface area contributed by atoms with E-state index < -0.39 is 0 Å². The summed E-state index contributed by atoms with van der Waals surface area (Å²) in [5.74, 6) is 0. The van der Waals surface area contributed by atoms with Gasteiger partial charge < -0.3 is 5.32 Å². The van der Waals surface area contributed by atoms with Crippen molar-refractivity contribution in [2.75, 3.05) is 0 Å². The minimum atomic E-state index is 0.598. The molecule has 14 heavy (non-hydrogen) atoms. The van der Waals surface area contributed by atoms with Crippen LogP contribution in [0.1, 0.15) is 43.4 Å². The molecular weight excluding hydrogens is 170 g/mol. The quantitative estimate of drug-likeness (QED) is 0.753. The van der Waals surface area contributed by atoms with E-state index in [4.69, 9.17) is 0 Å². The molecule has 0 radical (unpaired) electrons. The summed E-state index contributed by atoms with van der Waals surface area (Å²) in [5.41, 5.74) is 2.80. The van der Waals surface area contributed by atoms with Crippen molar-refractivity contribution in [3.05, 3.63) is 35.4 Å². The maximum Gasteiger partial charge on any atom is 0.0323 e. The highest BCUT2D eigenvalue weighted by Crippen LogP contribution is 2.27. The van der Waals surface area contributed by atoms with Crippen molar-refractivity contribution in [3.8, 4) is 0 Å². The van der Waals surface area contributed by atoms with Crippen LogP contribution in [-0.2, 0) is 0 Å². The van der Waals surface area contributed by atoms with Crippen molar-refractivity contribution < 1.29 is 0 Å². The van der Waals surface area contributed by atoms with Gasteiger partial charge >= 0.3 is 0 Å². The molecule has 1 aliphatic heterocycles. The van der Waals surface area contributed by atoms with Crippen LogP contribution in [0.25, 0.3) is 0 Å². The molecule has 1 nitrogen and oxygen atoms in total. The fourth-order valence-corrected chi connectivity index (χ4v) is 2.20. The number of hydrogen-bond acceptors (Lipinski definition) is 1. The lowest BCUT2D eigenvalue weighted by Crippen LogP contribution is -2.23. The predicted molar refractivity (Wildman–Crippen MR) is 60.4 cm³/mol. The molecular formula is C13H19N. The second kappa shape index (κ2) is 4.14. The van der Waals surface area contributed by atoms with Gasteiger partial charge in [0.2, 0.25) is 0 Å². The Balaban J connectivity index is 2.06. The molecule has 0 unspecified atom stereocenters. The van der Waals surface area contributed by atoms with Gasteiger partial charge in [0.25, 0.3) is 0 Å². The lowest BCUT2D eigenvalue weighted by Gasteiger charge is -2.13. The fourth-order valence-electron chi connectivity index (χ4n) is 2.20. The van der Waals surface area contributed by atoms with Crippen LogP contribution < -0.4 is 5.32 Å². The normalized spacial score (nSPS) is 26.7. The van der Waals surface area contributed by atoms with Gasteiger partial charge in [-0.3, -0.25) is 0 Å². The minimum absolute atomic E-state index is 0.598. The maximum atomic E-state index is 3.68. The molecule has 2 atom stereocenters. The first-order valence-electron chi connectivity index (χ1n) is 5.62. The second-order valence-corrected chi connectivity index (χ2v) is 4.31. The first-order valence-corrected chi connectivity index (χ1v) is 5.62. The topological polar surface area (TPSA) is 12.0 Å². The van der Waals surface area contributed by atoms with Crippen molar-refractivity contribution in [2.24, 2.45) is 0 Å². The third-order valence-corrected chi connectivity index (χ3v) is 3.21. The van der Waals surface area contributed by atoms with Crippen LogP contribution in [0, 0.1) is 6.92 Å². The van der Waals surface area contributed by atoms with E-state index in [9.17, 15) is 0 Å². The Morgan fingerprint density at radius 3 is 2.50 bits per heavy atom. The van der Waals surface area contributed by atoms with E-state index in [-0.39, 0.29) is 0 Å². The van der Waals surface area contributed by atoms with E-state index in [0.29, 0.717) is 6.04 Å². The zero-order chi connectivity index (χ0) is 9.97. The molecule has 1 aliphatic rings. The van der Waals surface area contributed by atoms with Gasteiger partial charge in [-0.05, 0) is 31.7 Å². The number of nitrogens with one attached hydrogen (secondary N) is 1. The van der Waals surface area contributed by atoms with Crippen LogP contribution >= 0.6 is 0 Å². The van der Waals surface area contributed by atoms with E-state index in [2.05, 4.69) is 43.4 Å². The summed E-state index contributed by atoms with van der Waals surface area (Å²) >= 11 is 0. The molecule has 1 fully saturated rings. The van der Waals surface area contributed by atoms with Crippen LogP contribution in [0.5, 0.6) is 0 Å². The maximum absolute atomic E-state index is 3.68. The Bertz CT molecular complexity index is 289. The molecule has 1 heteroatoms. The first-order chi connectivity index (χ1) is 6.79. The smallest absolute Gasteiger partial charge is 0.0323 e. The standard InChI is InChI=1S/C13H19N/c1-3-12-8-9-13(14-12)11-6-4-10(2)5-7-11/h4-7,12-14H,3,8-9H2,1-2H3/t12-,13+/m0/s1. The van der Waals surface area contributed by atoms with Crippen molar-refractivity contribution in [2.45, 2.75) is 45.2 Å². The van der Waals surface area contributed by atoms with Gasteiger partial charge in [-0.1, -0.05) is 36.8 Å². The van der Waals surface area contributed by atoms with E-state index in [0.717, 1.165) is 6.04 Å². The Hall–Kier alpha value is -0.820. The summed E-state index contributed by atoms with van der Waals surface area (Å²) in [5, 5.41) is 3.68. The van der Waals surface area contributed by atoms with Crippen molar-refractivity contribution in [1.29, 1.82) is 0 Å². The first kappa shape index (κ1) is 9.72. The zero-order valence-corrected chi connectivity index (χ0v) is 9.09. The number of hydrogen-bond donors (Lipinski definition) is 1. The third kappa shape index (κ3) is 1.98.